The van der Waals surface area contributed by atoms with E-state index >= 15 is 0 Å². The lowest BCUT2D eigenvalue weighted by atomic mass is 10.2. The zero-order chi connectivity index (χ0) is 14.6. The van der Waals surface area contributed by atoms with Crippen LogP contribution in [0.4, 0.5) is 4.79 Å². The number of carboxylic acids is 1. The minimum Gasteiger partial charge on any atom is -0.480 e. The number of likely N-dealkylation sites (N-methyl/N-ethyl adjacent to an activating group) is 1. The lowest BCUT2D eigenvalue weighted by Crippen LogP contribution is -2.47. The van der Waals surface area contributed by atoms with Crippen LogP contribution < -0.4 is 0 Å². The SMILES string of the molecule is CCC(C(=O)O)N(C)C(=O)N(C)Cc1csc(Br)c1. The van der Waals surface area contributed by atoms with E-state index in [0.29, 0.717) is 13.0 Å². The van der Waals surface area contributed by atoms with E-state index in [9.17, 15) is 9.59 Å². The highest BCUT2D eigenvalue weighted by Gasteiger charge is 2.26. The van der Waals surface area contributed by atoms with Crippen LogP contribution in [-0.4, -0.2) is 47.0 Å². The van der Waals surface area contributed by atoms with E-state index in [-0.39, 0.29) is 6.03 Å². The Kier molecular flexibility index (Phi) is 5.81. The molecule has 1 heterocycles. The first-order valence-corrected chi connectivity index (χ1v) is 7.47. The predicted octanol–water partition coefficient (Wildman–Crippen LogP) is 2.86. The summed E-state index contributed by atoms with van der Waals surface area (Å²) in [4.78, 5) is 26.0. The topological polar surface area (TPSA) is 60.9 Å². The molecule has 0 saturated carbocycles. The molecule has 7 heteroatoms. The average molecular weight is 349 g/mol. The number of carbonyl (C=O) groups is 2. The monoisotopic (exact) mass is 348 g/mol. The smallest absolute Gasteiger partial charge is 0.326 e. The van der Waals surface area contributed by atoms with Gasteiger partial charge in [-0.25, -0.2) is 9.59 Å². The lowest BCUT2D eigenvalue weighted by molar-refractivity contribution is -0.142. The minimum atomic E-state index is -0.981. The highest BCUT2D eigenvalue weighted by molar-refractivity contribution is 9.11. The number of aliphatic carboxylic acids is 1. The van der Waals surface area contributed by atoms with Crippen molar-refractivity contribution in [2.75, 3.05) is 14.1 Å². The molecule has 0 aromatic carbocycles. The summed E-state index contributed by atoms with van der Waals surface area (Å²) in [7, 11) is 3.18. The van der Waals surface area contributed by atoms with Crippen molar-refractivity contribution in [2.45, 2.75) is 25.9 Å². The number of rotatable bonds is 5. The molecule has 2 amide bonds. The van der Waals surface area contributed by atoms with Crippen LogP contribution in [0.5, 0.6) is 0 Å². The Balaban J connectivity index is 2.68. The third-order valence-corrected chi connectivity index (χ3v) is 4.36. The third-order valence-electron chi connectivity index (χ3n) is 2.81. The first-order valence-electron chi connectivity index (χ1n) is 5.80. The summed E-state index contributed by atoms with van der Waals surface area (Å²) in [5.74, 6) is -0.981. The summed E-state index contributed by atoms with van der Waals surface area (Å²) in [6.07, 6.45) is 0.384. The van der Waals surface area contributed by atoms with Gasteiger partial charge in [-0.2, -0.15) is 0 Å². The molecule has 1 N–H and O–H groups in total. The Bertz CT molecular complexity index is 464. The molecule has 0 saturated heterocycles. The highest BCUT2D eigenvalue weighted by atomic mass is 79.9. The standard InChI is InChI=1S/C12H17BrN2O3S/c1-4-9(11(16)17)15(3)12(18)14(2)6-8-5-10(13)19-7-8/h5,7,9H,4,6H2,1-3H3,(H,16,17). The molecule has 1 rings (SSSR count). The van der Waals surface area contributed by atoms with Crippen molar-refractivity contribution >= 4 is 39.3 Å². The fourth-order valence-electron chi connectivity index (χ4n) is 1.79. The zero-order valence-electron chi connectivity index (χ0n) is 11.1. The van der Waals surface area contributed by atoms with Crippen molar-refractivity contribution < 1.29 is 14.7 Å². The molecule has 0 bridgehead atoms. The van der Waals surface area contributed by atoms with Gasteiger partial charge >= 0.3 is 12.0 Å². The maximum atomic E-state index is 12.1. The Morgan fingerprint density at radius 1 is 1.47 bits per heavy atom. The Morgan fingerprint density at radius 3 is 2.53 bits per heavy atom. The highest BCUT2D eigenvalue weighted by Crippen LogP contribution is 2.21. The molecule has 1 aromatic heterocycles. The molecule has 5 nitrogen and oxygen atoms in total. The van der Waals surface area contributed by atoms with Crippen molar-refractivity contribution in [1.82, 2.24) is 9.80 Å². The first kappa shape index (κ1) is 16.0. The Labute approximate surface area is 124 Å². The molecular formula is C12H17BrN2O3S. The number of carboxylic acid groups (broad SMARTS) is 1. The molecule has 1 atom stereocenters. The normalized spacial score (nSPS) is 12.0. The number of carbonyl (C=O) groups excluding carboxylic acids is 1. The molecule has 106 valence electrons. The van der Waals surface area contributed by atoms with E-state index in [2.05, 4.69) is 15.9 Å². The summed E-state index contributed by atoms with van der Waals surface area (Å²) >= 11 is 4.92. The van der Waals surface area contributed by atoms with Gasteiger partial charge in [0, 0.05) is 20.6 Å². The number of hydrogen-bond donors (Lipinski definition) is 1. The number of hydrogen-bond acceptors (Lipinski definition) is 3. The summed E-state index contributed by atoms with van der Waals surface area (Å²) in [5.41, 5.74) is 1.02. The Hall–Kier alpha value is -1.08. The first-order chi connectivity index (χ1) is 8.86. The van der Waals surface area contributed by atoms with Gasteiger partial charge in [-0.15, -0.1) is 11.3 Å². The van der Waals surface area contributed by atoms with Gasteiger partial charge < -0.3 is 14.9 Å². The number of amides is 2. The van der Waals surface area contributed by atoms with Gasteiger partial charge in [0.1, 0.15) is 6.04 Å². The number of urea groups is 1. The van der Waals surface area contributed by atoms with Crippen molar-refractivity contribution in [2.24, 2.45) is 0 Å². The molecular weight excluding hydrogens is 332 g/mol. The summed E-state index contributed by atoms with van der Waals surface area (Å²) in [6.45, 7) is 2.21. The van der Waals surface area contributed by atoms with Gasteiger partial charge in [-0.1, -0.05) is 6.92 Å². The van der Waals surface area contributed by atoms with Crippen LogP contribution in [0.3, 0.4) is 0 Å². The van der Waals surface area contributed by atoms with Crippen LogP contribution in [0.15, 0.2) is 15.2 Å². The third kappa shape index (κ3) is 4.21. The van der Waals surface area contributed by atoms with E-state index in [1.54, 1.807) is 25.3 Å². The van der Waals surface area contributed by atoms with Crippen LogP contribution in [0, 0.1) is 0 Å². The molecule has 0 fully saturated rings. The van der Waals surface area contributed by atoms with Crippen molar-refractivity contribution in [3.8, 4) is 0 Å². The molecule has 19 heavy (non-hydrogen) atoms. The molecule has 0 aliphatic rings. The maximum absolute atomic E-state index is 12.1. The van der Waals surface area contributed by atoms with E-state index in [1.165, 1.54) is 16.8 Å². The molecule has 0 aliphatic carbocycles. The van der Waals surface area contributed by atoms with Crippen LogP contribution >= 0.6 is 27.3 Å². The van der Waals surface area contributed by atoms with Gasteiger partial charge in [-0.3, -0.25) is 0 Å². The molecule has 0 spiro atoms. The largest absolute Gasteiger partial charge is 0.480 e. The van der Waals surface area contributed by atoms with Gasteiger partial charge in [0.2, 0.25) is 0 Å². The summed E-state index contributed by atoms with van der Waals surface area (Å²) < 4.78 is 1.01. The number of nitrogens with zero attached hydrogens (tertiary/aromatic N) is 2. The molecule has 1 aromatic rings. The van der Waals surface area contributed by atoms with Gasteiger partial charge in [0.05, 0.1) is 3.79 Å². The van der Waals surface area contributed by atoms with E-state index in [1.807, 2.05) is 11.4 Å². The maximum Gasteiger partial charge on any atom is 0.326 e. The fraction of sp³-hybridized carbons (Fsp3) is 0.500. The average Bonchev–Trinajstić information content (AvgIpc) is 2.73. The predicted molar refractivity (Wildman–Crippen MR) is 78.4 cm³/mol. The number of halogens is 1. The van der Waals surface area contributed by atoms with Gasteiger partial charge in [0.25, 0.3) is 0 Å². The summed E-state index contributed by atoms with van der Waals surface area (Å²) in [5, 5.41) is 11.0. The van der Waals surface area contributed by atoms with Gasteiger partial charge in [-0.05, 0) is 39.4 Å². The second kappa shape index (κ2) is 6.91. The summed E-state index contributed by atoms with van der Waals surface area (Å²) in [6, 6.07) is 0.865. The van der Waals surface area contributed by atoms with Crippen molar-refractivity contribution in [1.29, 1.82) is 0 Å². The Morgan fingerprint density at radius 2 is 2.11 bits per heavy atom. The lowest BCUT2D eigenvalue weighted by Gasteiger charge is -2.28. The minimum absolute atomic E-state index is 0.295. The molecule has 0 aliphatic heterocycles. The van der Waals surface area contributed by atoms with Crippen LogP contribution in [-0.2, 0) is 11.3 Å². The number of thiophene rings is 1. The van der Waals surface area contributed by atoms with Crippen molar-refractivity contribution in [3.05, 3.63) is 20.8 Å². The second-order valence-electron chi connectivity index (χ2n) is 4.27. The fourth-order valence-corrected chi connectivity index (χ4v) is 2.99. The van der Waals surface area contributed by atoms with E-state index < -0.39 is 12.0 Å². The van der Waals surface area contributed by atoms with Crippen LogP contribution in [0.2, 0.25) is 0 Å². The van der Waals surface area contributed by atoms with Crippen molar-refractivity contribution in [3.63, 3.8) is 0 Å². The second-order valence-corrected chi connectivity index (χ2v) is 6.56. The quantitative estimate of drug-likeness (QED) is 0.889. The van der Waals surface area contributed by atoms with E-state index in [4.69, 9.17) is 5.11 Å². The molecule has 0 radical (unpaired) electrons. The van der Waals surface area contributed by atoms with E-state index in [0.717, 1.165) is 9.35 Å². The van der Waals surface area contributed by atoms with Gasteiger partial charge in [0.15, 0.2) is 0 Å². The molecule has 1 unspecified atom stereocenters. The van der Waals surface area contributed by atoms with Crippen LogP contribution in [0.1, 0.15) is 18.9 Å². The van der Waals surface area contributed by atoms with Crippen LogP contribution in [0.25, 0.3) is 0 Å². The zero-order valence-corrected chi connectivity index (χ0v) is 13.5.